The molecular formula is C18H23NO2. The minimum atomic E-state index is 0.0724. The van der Waals surface area contributed by atoms with Crippen LogP contribution < -0.4 is 10.1 Å². The lowest BCUT2D eigenvalue weighted by Crippen LogP contribution is -2.14. The zero-order valence-corrected chi connectivity index (χ0v) is 12.9. The molecule has 0 spiro atoms. The van der Waals surface area contributed by atoms with E-state index in [1.807, 2.05) is 37.4 Å². The number of rotatable bonds is 6. The van der Waals surface area contributed by atoms with Crippen LogP contribution in [0.15, 0.2) is 42.5 Å². The van der Waals surface area contributed by atoms with Gasteiger partial charge < -0.3 is 15.2 Å². The quantitative estimate of drug-likeness (QED) is 0.855. The highest BCUT2D eigenvalue weighted by Gasteiger charge is 2.10. The molecule has 0 aliphatic carbocycles. The van der Waals surface area contributed by atoms with Gasteiger partial charge in [-0.05, 0) is 38.1 Å². The van der Waals surface area contributed by atoms with Gasteiger partial charge in [-0.2, -0.15) is 0 Å². The Morgan fingerprint density at radius 1 is 1.10 bits per heavy atom. The third-order valence-electron chi connectivity index (χ3n) is 3.66. The summed E-state index contributed by atoms with van der Waals surface area (Å²) < 4.78 is 5.97. The van der Waals surface area contributed by atoms with Crippen LogP contribution in [0.2, 0.25) is 0 Å². The van der Waals surface area contributed by atoms with E-state index >= 15 is 0 Å². The maximum Gasteiger partial charge on any atom is 0.124 e. The molecule has 1 unspecified atom stereocenters. The molecule has 2 N–H and O–H groups in total. The average Bonchev–Trinajstić information content (AvgIpc) is 2.53. The van der Waals surface area contributed by atoms with Gasteiger partial charge in [0.05, 0.1) is 6.61 Å². The van der Waals surface area contributed by atoms with Crippen molar-refractivity contribution in [1.82, 2.24) is 5.32 Å². The van der Waals surface area contributed by atoms with Crippen molar-refractivity contribution < 1.29 is 9.84 Å². The average molecular weight is 285 g/mol. The van der Waals surface area contributed by atoms with Crippen molar-refractivity contribution in [3.05, 3.63) is 64.7 Å². The van der Waals surface area contributed by atoms with Crippen LogP contribution in [0.5, 0.6) is 5.75 Å². The van der Waals surface area contributed by atoms with E-state index in [1.165, 1.54) is 11.1 Å². The Bertz CT molecular complexity index is 578. The maximum absolute atomic E-state index is 9.05. The first-order valence-electron chi connectivity index (χ1n) is 7.23. The molecule has 0 saturated carbocycles. The van der Waals surface area contributed by atoms with Crippen LogP contribution in [0.25, 0.3) is 0 Å². The van der Waals surface area contributed by atoms with Crippen molar-refractivity contribution in [2.75, 3.05) is 7.05 Å². The second-order valence-corrected chi connectivity index (χ2v) is 5.31. The lowest BCUT2D eigenvalue weighted by atomic mass is 10.0. The van der Waals surface area contributed by atoms with Crippen molar-refractivity contribution in [3.63, 3.8) is 0 Å². The number of aryl methyl sites for hydroxylation is 1. The first-order chi connectivity index (χ1) is 10.1. The van der Waals surface area contributed by atoms with Gasteiger partial charge in [-0.25, -0.2) is 0 Å². The van der Waals surface area contributed by atoms with Crippen LogP contribution >= 0.6 is 0 Å². The normalized spacial score (nSPS) is 12.2. The monoisotopic (exact) mass is 285 g/mol. The van der Waals surface area contributed by atoms with Gasteiger partial charge in [-0.15, -0.1) is 0 Å². The molecule has 0 fully saturated rings. The summed E-state index contributed by atoms with van der Waals surface area (Å²) in [6, 6.07) is 14.3. The highest BCUT2D eigenvalue weighted by Crippen LogP contribution is 2.27. The fourth-order valence-corrected chi connectivity index (χ4v) is 2.20. The summed E-state index contributed by atoms with van der Waals surface area (Å²) in [5.41, 5.74) is 4.41. The van der Waals surface area contributed by atoms with Crippen LogP contribution in [0.1, 0.15) is 35.2 Å². The summed E-state index contributed by atoms with van der Waals surface area (Å²) in [5.74, 6) is 0.911. The van der Waals surface area contributed by atoms with Crippen LogP contribution in [0.4, 0.5) is 0 Å². The van der Waals surface area contributed by atoms with Gasteiger partial charge in [-0.3, -0.25) is 0 Å². The zero-order chi connectivity index (χ0) is 15.2. The van der Waals surface area contributed by atoms with Gasteiger partial charge in [0.25, 0.3) is 0 Å². The Morgan fingerprint density at radius 3 is 2.38 bits per heavy atom. The third kappa shape index (κ3) is 4.06. The van der Waals surface area contributed by atoms with Gasteiger partial charge in [0.1, 0.15) is 12.4 Å². The third-order valence-corrected chi connectivity index (χ3v) is 3.66. The Kier molecular flexibility index (Phi) is 5.37. The summed E-state index contributed by atoms with van der Waals surface area (Å²) in [5, 5.41) is 12.3. The summed E-state index contributed by atoms with van der Waals surface area (Å²) in [4.78, 5) is 0. The Morgan fingerprint density at radius 2 is 1.76 bits per heavy atom. The van der Waals surface area contributed by atoms with E-state index in [1.54, 1.807) is 0 Å². The standard InChI is InChI=1S/C18H23NO2/c1-13-4-9-18(17(10-13)14(2)19-3)21-12-16-7-5-15(11-20)6-8-16/h4-10,14,19-20H,11-12H2,1-3H3. The molecule has 2 aromatic carbocycles. The zero-order valence-electron chi connectivity index (χ0n) is 12.9. The lowest BCUT2D eigenvalue weighted by molar-refractivity contribution is 0.281. The van der Waals surface area contributed by atoms with Gasteiger partial charge in [-0.1, -0.05) is 42.0 Å². The molecule has 1 atom stereocenters. The van der Waals surface area contributed by atoms with Crippen molar-refractivity contribution in [3.8, 4) is 5.75 Å². The number of hydrogen-bond donors (Lipinski definition) is 2. The van der Waals surface area contributed by atoms with Crippen molar-refractivity contribution >= 4 is 0 Å². The highest BCUT2D eigenvalue weighted by molar-refractivity contribution is 5.39. The molecule has 2 rings (SSSR count). The predicted octanol–water partition coefficient (Wildman–Crippen LogP) is 3.35. The first-order valence-corrected chi connectivity index (χ1v) is 7.23. The number of hydrogen-bond acceptors (Lipinski definition) is 3. The SMILES string of the molecule is CNC(C)c1cc(C)ccc1OCc1ccc(CO)cc1. The number of ether oxygens (including phenoxy) is 1. The maximum atomic E-state index is 9.05. The van der Waals surface area contributed by atoms with Crippen molar-refractivity contribution in [2.45, 2.75) is 33.1 Å². The van der Waals surface area contributed by atoms with Gasteiger partial charge >= 0.3 is 0 Å². The number of aliphatic hydroxyl groups excluding tert-OH is 1. The molecule has 0 aliphatic rings. The van der Waals surface area contributed by atoms with Crippen LogP contribution in [-0.4, -0.2) is 12.2 Å². The van der Waals surface area contributed by atoms with Crippen LogP contribution in [-0.2, 0) is 13.2 Å². The fraction of sp³-hybridized carbons (Fsp3) is 0.333. The van der Waals surface area contributed by atoms with E-state index in [4.69, 9.17) is 9.84 Å². The van der Waals surface area contributed by atoms with Gasteiger partial charge in [0.2, 0.25) is 0 Å². The molecule has 0 aromatic heterocycles. The molecule has 0 amide bonds. The molecular weight excluding hydrogens is 262 g/mol. The summed E-state index contributed by atoms with van der Waals surface area (Å²) in [6.45, 7) is 4.81. The molecule has 0 radical (unpaired) electrons. The van der Waals surface area contributed by atoms with E-state index in [9.17, 15) is 0 Å². The molecule has 3 nitrogen and oxygen atoms in total. The van der Waals surface area contributed by atoms with Gasteiger partial charge in [0.15, 0.2) is 0 Å². The Balaban J connectivity index is 2.11. The van der Waals surface area contributed by atoms with Crippen molar-refractivity contribution in [1.29, 1.82) is 0 Å². The summed E-state index contributed by atoms with van der Waals surface area (Å²) in [7, 11) is 1.95. The summed E-state index contributed by atoms with van der Waals surface area (Å²) in [6.07, 6.45) is 0. The Labute approximate surface area is 126 Å². The van der Waals surface area contributed by atoms with Gasteiger partial charge in [0, 0.05) is 11.6 Å². The Hall–Kier alpha value is -1.84. The number of aliphatic hydroxyl groups is 1. The van der Waals surface area contributed by atoms with Crippen LogP contribution in [0.3, 0.4) is 0 Å². The summed E-state index contributed by atoms with van der Waals surface area (Å²) >= 11 is 0. The molecule has 0 saturated heterocycles. The molecule has 21 heavy (non-hydrogen) atoms. The largest absolute Gasteiger partial charge is 0.489 e. The van der Waals surface area contributed by atoms with Crippen molar-refractivity contribution in [2.24, 2.45) is 0 Å². The smallest absolute Gasteiger partial charge is 0.124 e. The lowest BCUT2D eigenvalue weighted by Gasteiger charge is -2.17. The van der Waals surface area contributed by atoms with E-state index in [0.717, 1.165) is 16.9 Å². The highest BCUT2D eigenvalue weighted by atomic mass is 16.5. The van der Waals surface area contributed by atoms with E-state index < -0.39 is 0 Å². The number of nitrogens with one attached hydrogen (secondary N) is 1. The van der Waals surface area contributed by atoms with Crippen LogP contribution in [0, 0.1) is 6.92 Å². The first kappa shape index (κ1) is 15.5. The topological polar surface area (TPSA) is 41.5 Å². The van der Waals surface area contributed by atoms with E-state index in [2.05, 4.69) is 31.3 Å². The molecule has 112 valence electrons. The van der Waals surface area contributed by atoms with E-state index in [-0.39, 0.29) is 12.6 Å². The van der Waals surface area contributed by atoms with E-state index in [0.29, 0.717) is 6.61 Å². The number of benzene rings is 2. The second kappa shape index (κ2) is 7.25. The second-order valence-electron chi connectivity index (χ2n) is 5.31. The molecule has 0 bridgehead atoms. The predicted molar refractivity (Wildman–Crippen MR) is 85.4 cm³/mol. The minimum Gasteiger partial charge on any atom is -0.489 e. The molecule has 3 heteroatoms. The minimum absolute atomic E-state index is 0.0724. The fourth-order valence-electron chi connectivity index (χ4n) is 2.20. The molecule has 0 aliphatic heterocycles. The molecule has 2 aromatic rings. The molecule has 0 heterocycles.